The second-order valence-corrected chi connectivity index (χ2v) is 8.21. The molecule has 0 radical (unpaired) electrons. The molecule has 2 heterocycles. The smallest absolute Gasteiger partial charge is 0.177 e. The number of hydrogen-bond donors (Lipinski definition) is 2. The Bertz CT molecular complexity index is 1210. The third kappa shape index (κ3) is 5.51. The van der Waals surface area contributed by atoms with Crippen molar-refractivity contribution in [2.24, 2.45) is 0 Å². The zero-order valence-electron chi connectivity index (χ0n) is 17.3. The lowest BCUT2D eigenvalue weighted by molar-refractivity contribution is 0.668. The van der Waals surface area contributed by atoms with Crippen LogP contribution in [0.4, 0.5) is 11.6 Å². The summed E-state index contributed by atoms with van der Waals surface area (Å²) in [6, 6.07) is 19.9. The third-order valence-corrected chi connectivity index (χ3v) is 5.36. The zero-order valence-corrected chi connectivity index (χ0v) is 18.9. The maximum atomic E-state index is 6.08. The van der Waals surface area contributed by atoms with Crippen molar-refractivity contribution in [2.75, 3.05) is 10.6 Å². The monoisotopic (exact) mass is 450 g/mol. The highest BCUT2D eigenvalue weighted by Crippen LogP contribution is 2.15. The van der Waals surface area contributed by atoms with E-state index < -0.39 is 0 Å². The Morgan fingerprint density at radius 1 is 0.935 bits per heavy atom. The summed E-state index contributed by atoms with van der Waals surface area (Å²) in [6.07, 6.45) is 1.93. The summed E-state index contributed by atoms with van der Waals surface area (Å²) in [5.74, 6) is 1.36. The molecule has 0 atom stereocenters. The SMILES string of the molecule is Cc1ccccc1Cn1ccc(NC(=S)Nc2cc(C)n(Cc3cccc(Cl)c3)n2)n1. The van der Waals surface area contributed by atoms with Crippen molar-refractivity contribution in [2.45, 2.75) is 26.9 Å². The lowest BCUT2D eigenvalue weighted by atomic mass is 10.1. The van der Waals surface area contributed by atoms with E-state index in [0.717, 1.165) is 11.3 Å². The second kappa shape index (κ2) is 9.32. The highest BCUT2D eigenvalue weighted by molar-refractivity contribution is 7.80. The predicted molar refractivity (Wildman–Crippen MR) is 130 cm³/mol. The second-order valence-electron chi connectivity index (χ2n) is 7.36. The molecule has 8 heteroatoms. The molecule has 0 spiro atoms. The molecule has 6 nitrogen and oxygen atoms in total. The van der Waals surface area contributed by atoms with Gasteiger partial charge >= 0.3 is 0 Å². The summed E-state index contributed by atoms with van der Waals surface area (Å²) in [5, 5.41) is 16.6. The van der Waals surface area contributed by atoms with Crippen molar-refractivity contribution >= 4 is 40.6 Å². The Kier molecular flexibility index (Phi) is 6.34. The van der Waals surface area contributed by atoms with Crippen LogP contribution in [0.15, 0.2) is 66.9 Å². The van der Waals surface area contributed by atoms with E-state index in [9.17, 15) is 0 Å². The number of aryl methyl sites for hydroxylation is 2. The van der Waals surface area contributed by atoms with Crippen LogP contribution in [0, 0.1) is 13.8 Å². The van der Waals surface area contributed by atoms with Gasteiger partial charge in [-0.25, -0.2) is 0 Å². The number of rotatable bonds is 6. The molecule has 0 fully saturated rings. The Morgan fingerprint density at radius 3 is 2.55 bits per heavy atom. The van der Waals surface area contributed by atoms with Gasteiger partial charge in [-0.3, -0.25) is 9.36 Å². The van der Waals surface area contributed by atoms with Crippen LogP contribution in [0.2, 0.25) is 5.02 Å². The van der Waals surface area contributed by atoms with E-state index in [1.54, 1.807) is 0 Å². The first-order valence-electron chi connectivity index (χ1n) is 9.91. The zero-order chi connectivity index (χ0) is 21.8. The van der Waals surface area contributed by atoms with E-state index in [-0.39, 0.29) is 0 Å². The van der Waals surface area contributed by atoms with Gasteiger partial charge in [-0.2, -0.15) is 10.2 Å². The highest BCUT2D eigenvalue weighted by Gasteiger charge is 2.09. The fourth-order valence-corrected chi connectivity index (χ4v) is 3.70. The van der Waals surface area contributed by atoms with Crippen LogP contribution in [0.25, 0.3) is 0 Å². The van der Waals surface area contributed by atoms with Gasteiger partial charge in [0.1, 0.15) is 0 Å². The molecule has 31 heavy (non-hydrogen) atoms. The molecule has 0 saturated heterocycles. The van der Waals surface area contributed by atoms with Crippen LogP contribution >= 0.6 is 23.8 Å². The van der Waals surface area contributed by atoms with E-state index in [0.29, 0.717) is 34.9 Å². The molecular formula is C23H23ClN6S. The lowest BCUT2D eigenvalue weighted by Gasteiger charge is -2.07. The van der Waals surface area contributed by atoms with Gasteiger partial charge in [0.05, 0.1) is 13.1 Å². The Morgan fingerprint density at radius 2 is 1.74 bits per heavy atom. The average Bonchev–Trinajstić information content (AvgIpc) is 3.29. The first-order chi connectivity index (χ1) is 15.0. The molecule has 2 N–H and O–H groups in total. The molecular weight excluding hydrogens is 428 g/mol. The van der Waals surface area contributed by atoms with Crippen LogP contribution in [0.3, 0.4) is 0 Å². The summed E-state index contributed by atoms with van der Waals surface area (Å²) in [4.78, 5) is 0. The summed E-state index contributed by atoms with van der Waals surface area (Å²) in [6.45, 7) is 5.45. The fourth-order valence-electron chi connectivity index (χ4n) is 3.28. The predicted octanol–water partition coefficient (Wildman–Crippen LogP) is 5.26. The quantitative estimate of drug-likeness (QED) is 0.392. The Hall–Kier alpha value is -3.16. The minimum absolute atomic E-state index is 0.438. The van der Waals surface area contributed by atoms with Gasteiger partial charge < -0.3 is 10.6 Å². The van der Waals surface area contributed by atoms with Gasteiger partial charge in [0.2, 0.25) is 0 Å². The first-order valence-corrected chi connectivity index (χ1v) is 10.7. The third-order valence-electron chi connectivity index (χ3n) is 4.92. The van der Waals surface area contributed by atoms with Crippen LogP contribution < -0.4 is 10.6 Å². The van der Waals surface area contributed by atoms with Gasteiger partial charge in [-0.1, -0.05) is 48.0 Å². The number of aromatic nitrogens is 4. The van der Waals surface area contributed by atoms with E-state index in [4.69, 9.17) is 23.8 Å². The molecule has 0 bridgehead atoms. The molecule has 2 aromatic heterocycles. The van der Waals surface area contributed by atoms with Crippen molar-refractivity contribution in [1.29, 1.82) is 0 Å². The van der Waals surface area contributed by atoms with Gasteiger partial charge in [0.25, 0.3) is 0 Å². The van der Waals surface area contributed by atoms with Crippen molar-refractivity contribution in [1.82, 2.24) is 19.6 Å². The number of nitrogens with one attached hydrogen (secondary N) is 2. The van der Waals surface area contributed by atoms with Crippen LogP contribution in [-0.4, -0.2) is 24.7 Å². The number of anilines is 2. The number of benzene rings is 2. The van der Waals surface area contributed by atoms with E-state index in [1.807, 2.05) is 71.0 Å². The lowest BCUT2D eigenvalue weighted by Crippen LogP contribution is -2.20. The maximum absolute atomic E-state index is 6.08. The summed E-state index contributed by atoms with van der Waals surface area (Å²) >= 11 is 11.5. The minimum Gasteiger partial charge on any atom is -0.316 e. The average molecular weight is 451 g/mol. The fraction of sp³-hybridized carbons (Fsp3) is 0.174. The highest BCUT2D eigenvalue weighted by atomic mass is 35.5. The first kappa shape index (κ1) is 21.1. The van der Waals surface area contributed by atoms with Gasteiger partial charge in [0, 0.05) is 29.0 Å². The van der Waals surface area contributed by atoms with Gasteiger partial charge in [-0.15, -0.1) is 0 Å². The topological polar surface area (TPSA) is 59.7 Å². The molecule has 0 saturated carbocycles. The van der Waals surface area contributed by atoms with Crippen molar-refractivity contribution in [3.05, 3.63) is 94.3 Å². The molecule has 0 aliphatic carbocycles. The maximum Gasteiger partial charge on any atom is 0.177 e. The summed E-state index contributed by atoms with van der Waals surface area (Å²) in [7, 11) is 0. The number of nitrogens with zero attached hydrogens (tertiary/aromatic N) is 4. The van der Waals surface area contributed by atoms with Gasteiger partial charge in [-0.05, 0) is 54.9 Å². The van der Waals surface area contributed by atoms with Crippen molar-refractivity contribution in [3.63, 3.8) is 0 Å². The Balaban J connectivity index is 1.36. The molecule has 0 aliphatic rings. The largest absolute Gasteiger partial charge is 0.316 e. The van der Waals surface area contributed by atoms with Crippen molar-refractivity contribution < 1.29 is 0 Å². The standard InChI is InChI=1S/C23H23ClN6S/c1-16-6-3-4-8-19(16)15-29-11-10-21(27-29)25-23(31)26-22-12-17(2)30(28-22)14-18-7-5-9-20(24)13-18/h3-13H,14-15H2,1-2H3,(H2,25,26,27,28,31). The van der Waals surface area contributed by atoms with Crippen LogP contribution in [0.5, 0.6) is 0 Å². The molecule has 4 rings (SSSR count). The number of hydrogen-bond acceptors (Lipinski definition) is 3. The van der Waals surface area contributed by atoms with E-state index in [1.165, 1.54) is 11.1 Å². The summed E-state index contributed by atoms with van der Waals surface area (Å²) < 4.78 is 3.80. The Labute approximate surface area is 191 Å². The molecule has 158 valence electrons. The normalized spacial score (nSPS) is 10.8. The van der Waals surface area contributed by atoms with Crippen LogP contribution in [-0.2, 0) is 13.1 Å². The summed E-state index contributed by atoms with van der Waals surface area (Å²) in [5.41, 5.74) is 4.59. The molecule has 0 unspecified atom stereocenters. The van der Waals surface area contributed by atoms with E-state index in [2.05, 4.69) is 39.9 Å². The number of halogens is 1. The minimum atomic E-state index is 0.438. The van der Waals surface area contributed by atoms with E-state index >= 15 is 0 Å². The molecule has 4 aromatic rings. The molecule has 2 aromatic carbocycles. The number of thiocarbonyl (C=S) groups is 1. The molecule has 0 aliphatic heterocycles. The van der Waals surface area contributed by atoms with Gasteiger partial charge in [0.15, 0.2) is 16.7 Å². The molecule has 0 amide bonds. The van der Waals surface area contributed by atoms with Crippen LogP contribution in [0.1, 0.15) is 22.4 Å². The van der Waals surface area contributed by atoms with Crippen molar-refractivity contribution in [3.8, 4) is 0 Å².